The summed E-state index contributed by atoms with van der Waals surface area (Å²) in [5.74, 6) is 6.57. The van der Waals surface area contributed by atoms with Gasteiger partial charge < -0.3 is 20.8 Å². The number of nitrogen functional groups attached to an aromatic ring is 1. The van der Waals surface area contributed by atoms with Gasteiger partial charge in [-0.3, -0.25) is 4.79 Å². The summed E-state index contributed by atoms with van der Waals surface area (Å²) in [6.07, 6.45) is 1.71. The summed E-state index contributed by atoms with van der Waals surface area (Å²) < 4.78 is 5.14. The highest BCUT2D eigenvalue weighted by atomic mass is 16.5. The maximum absolute atomic E-state index is 11.3. The second-order valence-corrected chi connectivity index (χ2v) is 3.38. The molecule has 8 nitrogen and oxygen atoms in total. The number of hydrogen-bond acceptors (Lipinski definition) is 7. The summed E-state index contributed by atoms with van der Waals surface area (Å²) >= 11 is 0. The molecule has 1 aromatic rings. The van der Waals surface area contributed by atoms with E-state index >= 15 is 0 Å². The molecule has 5 N–H and O–H groups in total. The fourth-order valence-electron chi connectivity index (χ4n) is 1.38. The number of hydrogen-bond donors (Lipinski definition) is 4. The molecule has 0 saturated carbocycles. The van der Waals surface area contributed by atoms with Crippen LogP contribution in [0.25, 0.3) is 0 Å². The average Bonchev–Trinajstić information content (AvgIpc) is 2.38. The number of hydrazine groups is 1. The minimum Gasteiger partial charge on any atom is -0.490 e. The van der Waals surface area contributed by atoms with Gasteiger partial charge in [0.05, 0.1) is 7.11 Å². The Hall–Kier alpha value is -2.09. The van der Waals surface area contributed by atoms with Crippen LogP contribution in [0.2, 0.25) is 0 Å². The van der Waals surface area contributed by atoms with Crippen LogP contribution in [0, 0.1) is 0 Å². The van der Waals surface area contributed by atoms with Gasteiger partial charge in [-0.05, 0) is 6.92 Å². The normalized spacial score (nSPS) is 9.72. The molecule has 0 spiro atoms. The van der Waals surface area contributed by atoms with Crippen LogP contribution in [0.4, 0.5) is 11.6 Å². The molecular formula is C10H18N6O2. The lowest BCUT2D eigenvalue weighted by Crippen LogP contribution is -2.25. The highest BCUT2D eigenvalue weighted by molar-refractivity contribution is 5.76. The topological polar surface area (TPSA) is 114 Å². The Morgan fingerprint density at radius 1 is 1.44 bits per heavy atom. The average molecular weight is 254 g/mol. The van der Waals surface area contributed by atoms with Crippen molar-refractivity contribution in [3.05, 3.63) is 6.33 Å². The van der Waals surface area contributed by atoms with Gasteiger partial charge in [0, 0.05) is 19.5 Å². The van der Waals surface area contributed by atoms with Gasteiger partial charge in [-0.25, -0.2) is 15.8 Å². The van der Waals surface area contributed by atoms with Gasteiger partial charge in [0.25, 0.3) is 0 Å². The Morgan fingerprint density at radius 3 is 2.78 bits per heavy atom. The van der Waals surface area contributed by atoms with Crippen LogP contribution in [0.1, 0.15) is 13.3 Å². The summed E-state index contributed by atoms with van der Waals surface area (Å²) in [5.41, 5.74) is 2.41. The Balaban J connectivity index is 2.59. The Labute approximate surface area is 105 Å². The number of carbonyl (C=O) groups is 1. The van der Waals surface area contributed by atoms with Crippen LogP contribution in [0.15, 0.2) is 6.33 Å². The monoisotopic (exact) mass is 254 g/mol. The Bertz CT molecular complexity index is 398. The molecule has 0 unspecified atom stereocenters. The predicted molar refractivity (Wildman–Crippen MR) is 68.2 cm³/mol. The number of nitrogens with zero attached hydrogens (tertiary/aromatic N) is 2. The van der Waals surface area contributed by atoms with Gasteiger partial charge in [-0.2, -0.15) is 0 Å². The van der Waals surface area contributed by atoms with Crippen molar-refractivity contribution in [3.8, 4) is 5.75 Å². The standard InChI is InChI=1S/C10H18N6O2/c1-3-12-7(17)4-5-13-9-8(18-2)10(16-11)15-6-14-9/h6H,3-5,11H2,1-2H3,(H,12,17)(H2,13,14,15,16). The zero-order valence-electron chi connectivity index (χ0n) is 10.5. The number of nitrogens with two attached hydrogens (primary N) is 1. The number of carbonyl (C=O) groups excluding carboxylic acids is 1. The molecule has 0 saturated heterocycles. The molecule has 1 amide bonds. The minimum atomic E-state index is -0.0183. The quantitative estimate of drug-likeness (QED) is 0.390. The van der Waals surface area contributed by atoms with E-state index in [2.05, 4.69) is 26.0 Å². The number of anilines is 2. The predicted octanol–water partition coefficient (Wildman–Crippen LogP) is -0.291. The van der Waals surface area contributed by atoms with Crippen LogP contribution in [0.3, 0.4) is 0 Å². The van der Waals surface area contributed by atoms with Crippen molar-refractivity contribution in [2.24, 2.45) is 5.84 Å². The Kier molecular flexibility index (Phi) is 5.65. The van der Waals surface area contributed by atoms with Gasteiger partial charge in [0.15, 0.2) is 11.6 Å². The van der Waals surface area contributed by atoms with Gasteiger partial charge in [-0.1, -0.05) is 0 Å². The lowest BCUT2D eigenvalue weighted by atomic mass is 10.3. The van der Waals surface area contributed by atoms with E-state index in [9.17, 15) is 4.79 Å². The number of aromatic nitrogens is 2. The number of methoxy groups -OCH3 is 1. The molecule has 8 heteroatoms. The number of nitrogens with one attached hydrogen (secondary N) is 3. The summed E-state index contributed by atoms with van der Waals surface area (Å²) in [5, 5.41) is 5.70. The second-order valence-electron chi connectivity index (χ2n) is 3.38. The molecule has 1 heterocycles. The van der Waals surface area contributed by atoms with Crippen molar-refractivity contribution in [2.45, 2.75) is 13.3 Å². The lowest BCUT2D eigenvalue weighted by Gasteiger charge is -2.12. The van der Waals surface area contributed by atoms with Crippen molar-refractivity contribution in [1.29, 1.82) is 0 Å². The van der Waals surface area contributed by atoms with E-state index in [-0.39, 0.29) is 5.91 Å². The SMILES string of the molecule is CCNC(=O)CCNc1ncnc(NN)c1OC. The summed E-state index contributed by atoms with van der Waals surface area (Å²) in [4.78, 5) is 19.2. The lowest BCUT2D eigenvalue weighted by molar-refractivity contribution is -0.120. The first-order valence-corrected chi connectivity index (χ1v) is 5.59. The van der Waals surface area contributed by atoms with Gasteiger partial charge in [0.1, 0.15) is 6.33 Å². The van der Waals surface area contributed by atoms with Crippen LogP contribution >= 0.6 is 0 Å². The van der Waals surface area contributed by atoms with Gasteiger partial charge >= 0.3 is 0 Å². The molecule has 0 bridgehead atoms. The van der Waals surface area contributed by atoms with Gasteiger partial charge in [-0.15, -0.1) is 0 Å². The summed E-state index contributed by atoms with van der Waals surface area (Å²) in [6.45, 7) is 2.94. The van der Waals surface area contributed by atoms with Crippen LogP contribution < -0.4 is 26.6 Å². The Morgan fingerprint density at radius 2 is 2.17 bits per heavy atom. The molecule has 100 valence electrons. The summed E-state index contributed by atoms with van der Waals surface area (Å²) in [6, 6.07) is 0. The third kappa shape index (κ3) is 3.74. The van der Waals surface area contributed by atoms with E-state index in [0.29, 0.717) is 36.9 Å². The second kappa shape index (κ2) is 7.28. The largest absolute Gasteiger partial charge is 0.490 e. The van der Waals surface area contributed by atoms with Gasteiger partial charge in [0.2, 0.25) is 11.7 Å². The number of rotatable bonds is 7. The van der Waals surface area contributed by atoms with E-state index < -0.39 is 0 Å². The molecular weight excluding hydrogens is 236 g/mol. The van der Waals surface area contributed by atoms with Crippen molar-refractivity contribution in [2.75, 3.05) is 30.9 Å². The maximum atomic E-state index is 11.3. The summed E-state index contributed by atoms with van der Waals surface area (Å²) in [7, 11) is 1.49. The van der Waals surface area contributed by atoms with Crippen LogP contribution in [-0.2, 0) is 4.79 Å². The van der Waals surface area contributed by atoms with E-state index in [1.54, 1.807) is 0 Å². The molecule has 0 radical (unpaired) electrons. The van der Waals surface area contributed by atoms with E-state index in [1.807, 2.05) is 6.92 Å². The number of amides is 1. The zero-order chi connectivity index (χ0) is 13.4. The highest BCUT2D eigenvalue weighted by Gasteiger charge is 2.10. The van der Waals surface area contributed by atoms with Crippen molar-refractivity contribution < 1.29 is 9.53 Å². The fraction of sp³-hybridized carbons (Fsp3) is 0.500. The van der Waals surface area contributed by atoms with E-state index in [0.717, 1.165) is 0 Å². The molecule has 1 aromatic heterocycles. The molecule has 0 aromatic carbocycles. The smallest absolute Gasteiger partial charge is 0.221 e. The molecule has 0 aliphatic carbocycles. The van der Waals surface area contributed by atoms with E-state index in [4.69, 9.17) is 10.6 Å². The van der Waals surface area contributed by atoms with Crippen molar-refractivity contribution >= 4 is 17.5 Å². The van der Waals surface area contributed by atoms with Crippen molar-refractivity contribution in [1.82, 2.24) is 15.3 Å². The number of ether oxygens (including phenoxy) is 1. The first kappa shape index (κ1) is 14.0. The highest BCUT2D eigenvalue weighted by Crippen LogP contribution is 2.27. The molecule has 0 aliphatic heterocycles. The molecule has 1 rings (SSSR count). The van der Waals surface area contributed by atoms with Crippen LogP contribution in [-0.4, -0.2) is 36.1 Å². The third-order valence-corrected chi connectivity index (χ3v) is 2.16. The molecule has 18 heavy (non-hydrogen) atoms. The van der Waals surface area contributed by atoms with Crippen LogP contribution in [0.5, 0.6) is 5.75 Å². The van der Waals surface area contributed by atoms with Crippen molar-refractivity contribution in [3.63, 3.8) is 0 Å². The minimum absolute atomic E-state index is 0.0183. The molecule has 0 atom stereocenters. The first-order valence-electron chi connectivity index (χ1n) is 5.59. The molecule has 0 fully saturated rings. The third-order valence-electron chi connectivity index (χ3n) is 2.16. The fourth-order valence-corrected chi connectivity index (χ4v) is 1.38. The van der Waals surface area contributed by atoms with E-state index in [1.165, 1.54) is 13.4 Å². The first-order chi connectivity index (χ1) is 8.72. The molecule has 0 aliphatic rings. The zero-order valence-corrected chi connectivity index (χ0v) is 10.5. The maximum Gasteiger partial charge on any atom is 0.221 e.